The first-order valence-electron chi connectivity index (χ1n) is 5.79. The van der Waals surface area contributed by atoms with Gasteiger partial charge in [-0.25, -0.2) is 0 Å². The van der Waals surface area contributed by atoms with Crippen LogP contribution in [0.4, 0.5) is 5.69 Å². The average Bonchev–Trinajstić information content (AvgIpc) is 2.32. The third-order valence-corrected chi connectivity index (χ3v) is 3.11. The second kappa shape index (κ2) is 5.00. The van der Waals surface area contributed by atoms with E-state index in [0.29, 0.717) is 17.6 Å². The normalized spacial score (nSPS) is 24.8. The molecule has 0 saturated carbocycles. The van der Waals surface area contributed by atoms with Crippen LogP contribution < -0.4 is 10.6 Å². The SMILES string of the molecule is CC1NCCCC1Nc1cccc(C#N)c1. The fourth-order valence-electron chi connectivity index (χ4n) is 2.13. The minimum absolute atomic E-state index is 0.461. The molecule has 84 valence electrons. The molecule has 0 aliphatic carbocycles. The third-order valence-electron chi connectivity index (χ3n) is 3.11. The van der Waals surface area contributed by atoms with Crippen LogP contribution >= 0.6 is 0 Å². The standard InChI is InChI=1S/C13H17N3/c1-10-13(6-3-7-15-10)16-12-5-2-4-11(8-12)9-14/h2,4-5,8,10,13,15-16H,3,6-7H2,1H3. The molecule has 3 heteroatoms. The molecule has 0 aromatic heterocycles. The molecule has 2 rings (SSSR count). The largest absolute Gasteiger partial charge is 0.381 e. The predicted octanol–water partition coefficient (Wildman–Crippen LogP) is 2.11. The maximum atomic E-state index is 8.83. The summed E-state index contributed by atoms with van der Waals surface area (Å²) in [6.07, 6.45) is 2.39. The highest BCUT2D eigenvalue weighted by atomic mass is 15.0. The molecule has 3 nitrogen and oxygen atoms in total. The van der Waals surface area contributed by atoms with Gasteiger partial charge in [0, 0.05) is 17.8 Å². The minimum Gasteiger partial charge on any atom is -0.381 e. The molecule has 2 atom stereocenters. The van der Waals surface area contributed by atoms with Crippen LogP contribution in [0, 0.1) is 11.3 Å². The van der Waals surface area contributed by atoms with Crippen LogP contribution in [0.3, 0.4) is 0 Å². The van der Waals surface area contributed by atoms with Crippen LogP contribution in [0.1, 0.15) is 25.3 Å². The zero-order valence-corrected chi connectivity index (χ0v) is 9.53. The lowest BCUT2D eigenvalue weighted by Crippen LogP contribution is -2.46. The Morgan fingerprint density at radius 1 is 1.50 bits per heavy atom. The van der Waals surface area contributed by atoms with Gasteiger partial charge in [-0.2, -0.15) is 5.26 Å². The molecule has 1 fully saturated rings. The molecule has 1 aliphatic rings. The van der Waals surface area contributed by atoms with Gasteiger partial charge < -0.3 is 10.6 Å². The van der Waals surface area contributed by atoms with Gasteiger partial charge in [0.15, 0.2) is 0 Å². The first-order chi connectivity index (χ1) is 7.79. The molecule has 0 spiro atoms. The number of benzene rings is 1. The molecule has 1 aromatic rings. The van der Waals surface area contributed by atoms with Gasteiger partial charge in [0.05, 0.1) is 11.6 Å². The molecule has 1 heterocycles. The lowest BCUT2D eigenvalue weighted by molar-refractivity contribution is 0.389. The molecular formula is C13H17N3. The molecule has 0 radical (unpaired) electrons. The van der Waals surface area contributed by atoms with E-state index in [4.69, 9.17) is 5.26 Å². The molecule has 0 amide bonds. The number of hydrogen-bond acceptors (Lipinski definition) is 3. The molecular weight excluding hydrogens is 198 g/mol. The molecule has 1 saturated heterocycles. The van der Waals surface area contributed by atoms with E-state index in [1.807, 2.05) is 24.3 Å². The minimum atomic E-state index is 0.461. The van der Waals surface area contributed by atoms with E-state index in [-0.39, 0.29) is 0 Å². The number of rotatable bonds is 2. The van der Waals surface area contributed by atoms with Crippen molar-refractivity contribution in [3.8, 4) is 6.07 Å². The van der Waals surface area contributed by atoms with E-state index in [2.05, 4.69) is 23.6 Å². The topological polar surface area (TPSA) is 47.8 Å². The first kappa shape index (κ1) is 11.0. The summed E-state index contributed by atoms with van der Waals surface area (Å²) < 4.78 is 0. The predicted molar refractivity (Wildman–Crippen MR) is 65.3 cm³/mol. The highest BCUT2D eigenvalue weighted by Gasteiger charge is 2.20. The van der Waals surface area contributed by atoms with E-state index >= 15 is 0 Å². The molecule has 2 unspecified atom stereocenters. The van der Waals surface area contributed by atoms with Crippen LogP contribution in [-0.4, -0.2) is 18.6 Å². The van der Waals surface area contributed by atoms with Crippen LogP contribution in [0.5, 0.6) is 0 Å². The van der Waals surface area contributed by atoms with E-state index < -0.39 is 0 Å². The van der Waals surface area contributed by atoms with Crippen molar-refractivity contribution in [2.45, 2.75) is 31.8 Å². The number of anilines is 1. The highest BCUT2D eigenvalue weighted by molar-refractivity contribution is 5.50. The van der Waals surface area contributed by atoms with Gasteiger partial charge in [-0.15, -0.1) is 0 Å². The lowest BCUT2D eigenvalue weighted by atomic mass is 9.99. The Morgan fingerprint density at radius 2 is 2.38 bits per heavy atom. The average molecular weight is 215 g/mol. The van der Waals surface area contributed by atoms with Crippen LogP contribution in [0.25, 0.3) is 0 Å². The maximum Gasteiger partial charge on any atom is 0.0992 e. The van der Waals surface area contributed by atoms with Crippen LogP contribution in [0.2, 0.25) is 0 Å². The Hall–Kier alpha value is -1.53. The van der Waals surface area contributed by atoms with Crippen molar-refractivity contribution >= 4 is 5.69 Å². The van der Waals surface area contributed by atoms with Gasteiger partial charge in [0.25, 0.3) is 0 Å². The highest BCUT2D eigenvalue weighted by Crippen LogP contribution is 2.16. The molecule has 2 N–H and O–H groups in total. The first-order valence-corrected chi connectivity index (χ1v) is 5.79. The third kappa shape index (κ3) is 2.53. The quantitative estimate of drug-likeness (QED) is 0.794. The van der Waals surface area contributed by atoms with Crippen LogP contribution in [-0.2, 0) is 0 Å². The summed E-state index contributed by atoms with van der Waals surface area (Å²) in [6.45, 7) is 3.31. The zero-order chi connectivity index (χ0) is 11.4. The van der Waals surface area contributed by atoms with E-state index in [9.17, 15) is 0 Å². The smallest absolute Gasteiger partial charge is 0.0992 e. The second-order valence-corrected chi connectivity index (χ2v) is 4.33. The lowest BCUT2D eigenvalue weighted by Gasteiger charge is -2.31. The number of piperidine rings is 1. The van der Waals surface area contributed by atoms with Crippen LogP contribution in [0.15, 0.2) is 24.3 Å². The van der Waals surface area contributed by atoms with Gasteiger partial charge in [-0.1, -0.05) is 6.07 Å². The summed E-state index contributed by atoms with van der Waals surface area (Å²) in [4.78, 5) is 0. The zero-order valence-electron chi connectivity index (χ0n) is 9.53. The van der Waals surface area contributed by atoms with Crippen molar-refractivity contribution < 1.29 is 0 Å². The van der Waals surface area contributed by atoms with Crippen molar-refractivity contribution in [2.24, 2.45) is 0 Å². The van der Waals surface area contributed by atoms with Crippen molar-refractivity contribution in [2.75, 3.05) is 11.9 Å². The number of nitrogens with zero attached hydrogens (tertiary/aromatic N) is 1. The maximum absolute atomic E-state index is 8.83. The van der Waals surface area contributed by atoms with Gasteiger partial charge in [-0.05, 0) is 44.5 Å². The van der Waals surface area contributed by atoms with Gasteiger partial charge >= 0.3 is 0 Å². The Kier molecular flexibility index (Phi) is 3.43. The van der Waals surface area contributed by atoms with E-state index in [0.717, 1.165) is 12.2 Å². The van der Waals surface area contributed by atoms with Crippen molar-refractivity contribution in [1.29, 1.82) is 5.26 Å². The van der Waals surface area contributed by atoms with Crippen molar-refractivity contribution in [3.63, 3.8) is 0 Å². The number of nitriles is 1. The second-order valence-electron chi connectivity index (χ2n) is 4.33. The number of nitrogens with one attached hydrogen (secondary N) is 2. The van der Waals surface area contributed by atoms with E-state index in [1.165, 1.54) is 12.8 Å². The van der Waals surface area contributed by atoms with Gasteiger partial charge in [0.2, 0.25) is 0 Å². The summed E-state index contributed by atoms with van der Waals surface area (Å²) >= 11 is 0. The summed E-state index contributed by atoms with van der Waals surface area (Å²) in [7, 11) is 0. The Bertz CT molecular complexity index is 394. The summed E-state index contributed by atoms with van der Waals surface area (Å²) in [5.41, 5.74) is 1.75. The van der Waals surface area contributed by atoms with Crippen molar-refractivity contribution in [1.82, 2.24) is 5.32 Å². The fraction of sp³-hybridized carbons (Fsp3) is 0.462. The fourth-order valence-corrected chi connectivity index (χ4v) is 2.13. The Labute approximate surface area is 96.5 Å². The molecule has 16 heavy (non-hydrogen) atoms. The number of hydrogen-bond donors (Lipinski definition) is 2. The Balaban J connectivity index is 2.05. The molecule has 1 aliphatic heterocycles. The molecule has 1 aromatic carbocycles. The Morgan fingerprint density at radius 3 is 3.12 bits per heavy atom. The van der Waals surface area contributed by atoms with Crippen molar-refractivity contribution in [3.05, 3.63) is 29.8 Å². The van der Waals surface area contributed by atoms with Gasteiger partial charge in [-0.3, -0.25) is 0 Å². The van der Waals surface area contributed by atoms with E-state index in [1.54, 1.807) is 0 Å². The monoisotopic (exact) mass is 215 g/mol. The summed E-state index contributed by atoms with van der Waals surface area (Å²) in [5, 5.41) is 15.8. The summed E-state index contributed by atoms with van der Waals surface area (Å²) in [5.74, 6) is 0. The molecule has 0 bridgehead atoms. The van der Waals surface area contributed by atoms with Gasteiger partial charge in [0.1, 0.15) is 0 Å². The summed E-state index contributed by atoms with van der Waals surface area (Å²) in [6, 6.07) is 10.8.